The second-order valence-electron chi connectivity index (χ2n) is 3.46. The van der Waals surface area contributed by atoms with Crippen molar-refractivity contribution in [3.63, 3.8) is 0 Å². The summed E-state index contributed by atoms with van der Waals surface area (Å²) in [5.74, 6) is -0.284. The number of carbonyl (C=O) groups excluding carboxylic acids is 1. The maximum atomic E-state index is 11.5. The highest BCUT2D eigenvalue weighted by atomic mass is 16.5. The Morgan fingerprint density at radius 2 is 2.20 bits per heavy atom. The van der Waals surface area contributed by atoms with Gasteiger partial charge in [-0.1, -0.05) is 0 Å². The highest BCUT2D eigenvalue weighted by Crippen LogP contribution is 2.21. The summed E-state index contributed by atoms with van der Waals surface area (Å²) >= 11 is 0. The summed E-state index contributed by atoms with van der Waals surface area (Å²) in [7, 11) is 3.36. The van der Waals surface area contributed by atoms with Gasteiger partial charge in [0.25, 0.3) is 0 Å². The zero-order chi connectivity index (χ0) is 11.0. The number of nitrogens with zero attached hydrogens (tertiary/aromatic N) is 2. The summed E-state index contributed by atoms with van der Waals surface area (Å²) in [6.07, 6.45) is 1.98. The van der Waals surface area contributed by atoms with Crippen LogP contribution < -0.4 is 0 Å². The molecule has 0 aliphatic rings. The Labute approximate surface area is 88.1 Å². The van der Waals surface area contributed by atoms with Gasteiger partial charge in [-0.3, -0.25) is 0 Å². The van der Waals surface area contributed by atoms with Crippen LogP contribution in [0.25, 0.3) is 11.0 Å². The predicted octanol–water partition coefficient (Wildman–Crippen LogP) is 1.79. The van der Waals surface area contributed by atoms with Gasteiger partial charge in [-0.2, -0.15) is 0 Å². The Kier molecular flexibility index (Phi) is 2.26. The van der Waals surface area contributed by atoms with Crippen LogP contribution in [0.2, 0.25) is 0 Å². The number of aromatic nitrogens is 2. The summed E-state index contributed by atoms with van der Waals surface area (Å²) in [5, 5.41) is 0. The standard InChI is InChI=1S/C11H14N2O2/c1-4-13-8-5-6-12(2)9(8)7-10(13)11(14)15-3/h5-7H,4H2,1-3H3. The molecule has 0 amide bonds. The topological polar surface area (TPSA) is 36.2 Å². The van der Waals surface area contributed by atoms with Gasteiger partial charge in [0.2, 0.25) is 0 Å². The van der Waals surface area contributed by atoms with E-state index in [-0.39, 0.29) is 5.97 Å². The minimum absolute atomic E-state index is 0.284. The van der Waals surface area contributed by atoms with Crippen LogP contribution in [0.15, 0.2) is 18.3 Å². The quantitative estimate of drug-likeness (QED) is 0.702. The van der Waals surface area contributed by atoms with Crippen molar-refractivity contribution in [1.29, 1.82) is 0 Å². The van der Waals surface area contributed by atoms with Crippen LogP contribution in [0.3, 0.4) is 0 Å². The minimum Gasteiger partial charge on any atom is -0.464 e. The maximum absolute atomic E-state index is 11.5. The van der Waals surface area contributed by atoms with Crippen LogP contribution >= 0.6 is 0 Å². The highest BCUT2D eigenvalue weighted by Gasteiger charge is 2.16. The summed E-state index contributed by atoms with van der Waals surface area (Å²) < 4.78 is 8.70. The number of aryl methyl sites for hydroxylation is 2. The van der Waals surface area contributed by atoms with E-state index in [0.717, 1.165) is 17.6 Å². The first kappa shape index (κ1) is 9.83. The van der Waals surface area contributed by atoms with Gasteiger partial charge < -0.3 is 13.9 Å². The summed E-state index contributed by atoms with van der Waals surface area (Å²) in [6.45, 7) is 2.77. The molecule has 0 atom stereocenters. The molecule has 2 rings (SSSR count). The van der Waals surface area contributed by atoms with Gasteiger partial charge in [-0.15, -0.1) is 0 Å². The predicted molar refractivity (Wildman–Crippen MR) is 57.9 cm³/mol. The van der Waals surface area contributed by atoms with Crippen molar-refractivity contribution >= 4 is 17.0 Å². The molecular weight excluding hydrogens is 192 g/mol. The molecule has 0 N–H and O–H groups in total. The molecular formula is C11H14N2O2. The average Bonchev–Trinajstić information content (AvgIpc) is 2.77. The fourth-order valence-corrected chi connectivity index (χ4v) is 1.88. The molecule has 4 heteroatoms. The Bertz CT molecular complexity index is 508. The molecule has 0 unspecified atom stereocenters. The monoisotopic (exact) mass is 206 g/mol. The number of hydrogen-bond acceptors (Lipinski definition) is 2. The van der Waals surface area contributed by atoms with E-state index >= 15 is 0 Å². The van der Waals surface area contributed by atoms with Crippen molar-refractivity contribution in [1.82, 2.24) is 9.13 Å². The summed E-state index contributed by atoms with van der Waals surface area (Å²) in [4.78, 5) is 11.5. The van der Waals surface area contributed by atoms with E-state index in [9.17, 15) is 4.79 Å². The first-order valence-corrected chi connectivity index (χ1v) is 4.92. The average molecular weight is 206 g/mol. The first-order chi connectivity index (χ1) is 7.19. The largest absolute Gasteiger partial charge is 0.464 e. The normalized spacial score (nSPS) is 10.9. The Morgan fingerprint density at radius 1 is 1.47 bits per heavy atom. The molecule has 80 valence electrons. The van der Waals surface area contributed by atoms with Gasteiger partial charge >= 0.3 is 5.97 Å². The van der Waals surface area contributed by atoms with Crippen LogP contribution in [-0.2, 0) is 18.3 Å². The molecule has 2 aromatic heterocycles. The first-order valence-electron chi connectivity index (χ1n) is 4.92. The lowest BCUT2D eigenvalue weighted by atomic mass is 10.4. The maximum Gasteiger partial charge on any atom is 0.354 e. The van der Waals surface area contributed by atoms with Gasteiger partial charge in [0.15, 0.2) is 0 Å². The second-order valence-corrected chi connectivity index (χ2v) is 3.46. The zero-order valence-electron chi connectivity index (χ0n) is 9.15. The van der Waals surface area contributed by atoms with Crippen molar-refractivity contribution in [2.75, 3.05) is 7.11 Å². The van der Waals surface area contributed by atoms with Gasteiger partial charge in [0, 0.05) is 19.8 Å². The molecule has 0 bridgehead atoms. The lowest BCUT2D eigenvalue weighted by molar-refractivity contribution is 0.0589. The number of methoxy groups -OCH3 is 1. The van der Waals surface area contributed by atoms with E-state index in [4.69, 9.17) is 4.74 Å². The summed E-state index contributed by atoms with van der Waals surface area (Å²) in [6, 6.07) is 3.87. The summed E-state index contributed by atoms with van der Waals surface area (Å²) in [5.41, 5.74) is 2.74. The molecule has 0 aliphatic carbocycles. The van der Waals surface area contributed by atoms with Crippen LogP contribution in [0.1, 0.15) is 17.4 Å². The van der Waals surface area contributed by atoms with Gasteiger partial charge in [-0.05, 0) is 19.1 Å². The third-order valence-electron chi connectivity index (χ3n) is 2.66. The van der Waals surface area contributed by atoms with E-state index in [0.29, 0.717) is 5.69 Å². The van der Waals surface area contributed by atoms with E-state index in [1.165, 1.54) is 7.11 Å². The number of rotatable bonds is 2. The lowest BCUT2D eigenvalue weighted by Gasteiger charge is -2.04. The Morgan fingerprint density at radius 3 is 2.80 bits per heavy atom. The lowest BCUT2D eigenvalue weighted by Crippen LogP contribution is -2.09. The molecule has 2 aromatic rings. The fourth-order valence-electron chi connectivity index (χ4n) is 1.88. The van der Waals surface area contributed by atoms with Crippen LogP contribution in [0, 0.1) is 0 Å². The molecule has 0 fully saturated rings. The molecule has 0 spiro atoms. The molecule has 0 aromatic carbocycles. The van der Waals surface area contributed by atoms with Crippen molar-refractivity contribution in [2.24, 2.45) is 7.05 Å². The molecule has 0 radical (unpaired) electrons. The van der Waals surface area contributed by atoms with Crippen LogP contribution in [-0.4, -0.2) is 22.2 Å². The van der Waals surface area contributed by atoms with Crippen LogP contribution in [0.5, 0.6) is 0 Å². The third-order valence-corrected chi connectivity index (χ3v) is 2.66. The van der Waals surface area contributed by atoms with E-state index < -0.39 is 0 Å². The van der Waals surface area contributed by atoms with Crippen molar-refractivity contribution in [2.45, 2.75) is 13.5 Å². The fraction of sp³-hybridized carbons (Fsp3) is 0.364. The van der Waals surface area contributed by atoms with E-state index in [1.807, 2.05) is 41.4 Å². The number of hydrogen-bond donors (Lipinski definition) is 0. The molecule has 0 aliphatic heterocycles. The Balaban J connectivity index is 2.69. The molecule has 2 heterocycles. The minimum atomic E-state index is -0.284. The van der Waals surface area contributed by atoms with Crippen LogP contribution in [0.4, 0.5) is 0 Å². The van der Waals surface area contributed by atoms with Gasteiger partial charge in [0.1, 0.15) is 5.69 Å². The van der Waals surface area contributed by atoms with Gasteiger partial charge in [-0.25, -0.2) is 4.79 Å². The smallest absolute Gasteiger partial charge is 0.354 e. The molecule has 0 saturated carbocycles. The third kappa shape index (κ3) is 1.33. The van der Waals surface area contributed by atoms with E-state index in [2.05, 4.69) is 0 Å². The number of carbonyl (C=O) groups is 1. The van der Waals surface area contributed by atoms with Crippen molar-refractivity contribution < 1.29 is 9.53 Å². The highest BCUT2D eigenvalue weighted by molar-refractivity contribution is 5.94. The molecule has 15 heavy (non-hydrogen) atoms. The van der Waals surface area contributed by atoms with Crippen molar-refractivity contribution in [3.8, 4) is 0 Å². The SMILES string of the molecule is CCn1c(C(=O)OC)cc2c1ccn2C. The zero-order valence-corrected chi connectivity index (χ0v) is 9.15. The second kappa shape index (κ2) is 3.46. The number of fused-ring (bicyclic) bond motifs is 1. The van der Waals surface area contributed by atoms with Gasteiger partial charge in [0.05, 0.1) is 18.1 Å². The van der Waals surface area contributed by atoms with Crippen molar-refractivity contribution in [3.05, 3.63) is 24.0 Å². The molecule has 0 saturated heterocycles. The Hall–Kier alpha value is -1.71. The molecule has 4 nitrogen and oxygen atoms in total. The number of ether oxygens (including phenoxy) is 1. The number of esters is 1. The van der Waals surface area contributed by atoms with E-state index in [1.54, 1.807) is 0 Å².